The van der Waals surface area contributed by atoms with Crippen molar-refractivity contribution >= 4 is 39.1 Å². The smallest absolute Gasteiger partial charge is 0.148 e. The van der Waals surface area contributed by atoms with Gasteiger partial charge in [-0.3, -0.25) is 4.98 Å². The monoisotopic (exact) mass is 317 g/mol. The lowest BCUT2D eigenvalue weighted by molar-refractivity contribution is 0.931. The molecule has 2 rings (SSSR count). The minimum Gasteiger partial charge on any atom is -0.261 e. The van der Waals surface area contributed by atoms with Crippen LogP contribution in [0, 0.1) is 0 Å². The van der Waals surface area contributed by atoms with Crippen LogP contribution in [0.1, 0.15) is 11.5 Å². The van der Waals surface area contributed by atoms with Gasteiger partial charge in [0.1, 0.15) is 16.1 Å². The number of aromatic nitrogens is 3. The molecule has 0 aliphatic heterocycles. The molecule has 6 heteroatoms. The zero-order chi connectivity index (χ0) is 11.5. The fraction of sp³-hybridized carbons (Fsp3) is 0.100. The average Bonchev–Trinajstić information content (AvgIpc) is 2.27. The van der Waals surface area contributed by atoms with Gasteiger partial charge in [0.25, 0.3) is 0 Å². The van der Waals surface area contributed by atoms with E-state index in [2.05, 4.69) is 30.9 Å². The number of halogens is 3. The lowest BCUT2D eigenvalue weighted by atomic mass is 10.2. The maximum absolute atomic E-state index is 5.88. The Morgan fingerprint density at radius 2 is 1.81 bits per heavy atom. The van der Waals surface area contributed by atoms with E-state index in [-0.39, 0.29) is 0 Å². The second kappa shape index (κ2) is 5.08. The van der Waals surface area contributed by atoms with E-state index in [9.17, 15) is 0 Å². The highest BCUT2D eigenvalue weighted by Gasteiger charge is 2.09. The molecule has 0 unspecified atom stereocenters. The number of rotatable bonds is 2. The zero-order valence-electron chi connectivity index (χ0n) is 7.99. The lowest BCUT2D eigenvalue weighted by Gasteiger charge is -2.03. The van der Waals surface area contributed by atoms with Gasteiger partial charge in [-0.05, 0) is 28.1 Å². The van der Waals surface area contributed by atoms with Gasteiger partial charge in [-0.2, -0.15) is 0 Å². The van der Waals surface area contributed by atoms with Gasteiger partial charge in [0, 0.05) is 11.9 Å². The van der Waals surface area contributed by atoms with E-state index in [0.717, 1.165) is 5.69 Å². The maximum atomic E-state index is 5.88. The van der Waals surface area contributed by atoms with Gasteiger partial charge >= 0.3 is 0 Å². The van der Waals surface area contributed by atoms with E-state index in [1.807, 2.05) is 18.2 Å². The van der Waals surface area contributed by atoms with Crippen LogP contribution in [0.2, 0.25) is 10.3 Å². The third kappa shape index (κ3) is 2.70. The van der Waals surface area contributed by atoms with Crippen molar-refractivity contribution in [1.82, 2.24) is 15.0 Å². The third-order valence-electron chi connectivity index (χ3n) is 1.88. The van der Waals surface area contributed by atoms with Crippen LogP contribution < -0.4 is 0 Å². The van der Waals surface area contributed by atoms with Crippen LogP contribution >= 0.6 is 39.1 Å². The molecule has 0 bridgehead atoms. The molecule has 3 nitrogen and oxygen atoms in total. The number of hydrogen-bond acceptors (Lipinski definition) is 3. The van der Waals surface area contributed by atoms with Gasteiger partial charge in [-0.25, -0.2) is 9.97 Å². The highest BCUT2D eigenvalue weighted by atomic mass is 79.9. The first-order chi connectivity index (χ1) is 7.66. The summed E-state index contributed by atoms with van der Waals surface area (Å²) < 4.78 is 0.514. The second-order valence-corrected chi connectivity index (χ2v) is 4.54. The van der Waals surface area contributed by atoms with Crippen LogP contribution in [0.15, 0.2) is 28.9 Å². The summed E-state index contributed by atoms with van der Waals surface area (Å²) in [6, 6.07) is 5.66. The Morgan fingerprint density at radius 3 is 2.38 bits per heavy atom. The molecule has 2 aromatic rings. The molecular weight excluding hydrogens is 313 g/mol. The van der Waals surface area contributed by atoms with Gasteiger partial charge < -0.3 is 0 Å². The summed E-state index contributed by atoms with van der Waals surface area (Å²) in [5.41, 5.74) is 0.872. The van der Waals surface area contributed by atoms with Gasteiger partial charge in [0.2, 0.25) is 0 Å². The molecule has 0 aliphatic rings. The van der Waals surface area contributed by atoms with Crippen LogP contribution in [0.3, 0.4) is 0 Å². The molecule has 2 aromatic heterocycles. The third-order valence-corrected chi connectivity index (χ3v) is 3.64. The second-order valence-electron chi connectivity index (χ2n) is 3.03. The van der Waals surface area contributed by atoms with E-state index in [1.165, 1.54) is 0 Å². The molecule has 82 valence electrons. The van der Waals surface area contributed by atoms with Crippen LogP contribution in [0.25, 0.3) is 0 Å². The summed E-state index contributed by atoms with van der Waals surface area (Å²) in [7, 11) is 0. The van der Waals surface area contributed by atoms with Crippen LogP contribution in [0.4, 0.5) is 0 Å². The first kappa shape index (κ1) is 11.8. The lowest BCUT2D eigenvalue weighted by Crippen LogP contribution is -1.99. The molecule has 0 aromatic carbocycles. The Bertz CT molecular complexity index is 482. The normalized spacial score (nSPS) is 10.4. The minimum absolute atomic E-state index is 0.311. The van der Waals surface area contributed by atoms with Gasteiger partial charge in [0.05, 0.1) is 10.9 Å². The predicted octanol–water partition coefficient (Wildman–Crippen LogP) is 3.53. The van der Waals surface area contributed by atoms with Crippen molar-refractivity contribution in [3.05, 3.63) is 50.7 Å². The van der Waals surface area contributed by atoms with E-state index in [4.69, 9.17) is 23.2 Å². The molecule has 0 saturated heterocycles. The van der Waals surface area contributed by atoms with Crippen molar-refractivity contribution in [2.45, 2.75) is 6.42 Å². The molecule has 0 aliphatic carbocycles. The van der Waals surface area contributed by atoms with Crippen LogP contribution in [0.5, 0.6) is 0 Å². The molecule has 0 fully saturated rings. The molecule has 0 amide bonds. The standard InChI is InChI=1S/C10H6BrCl2N3/c11-8-9(12)15-7(16-10(8)13)5-6-3-1-2-4-14-6/h1-4H,5H2. The molecule has 0 radical (unpaired) electrons. The highest BCUT2D eigenvalue weighted by Crippen LogP contribution is 2.27. The van der Waals surface area contributed by atoms with Gasteiger partial charge in [-0.1, -0.05) is 29.3 Å². The molecule has 0 N–H and O–H groups in total. The maximum Gasteiger partial charge on any atom is 0.148 e. The van der Waals surface area contributed by atoms with E-state index >= 15 is 0 Å². The van der Waals surface area contributed by atoms with Crippen molar-refractivity contribution in [3.8, 4) is 0 Å². The Balaban J connectivity index is 2.29. The van der Waals surface area contributed by atoms with Crippen molar-refractivity contribution in [1.29, 1.82) is 0 Å². The van der Waals surface area contributed by atoms with Crippen LogP contribution in [-0.4, -0.2) is 15.0 Å². The summed E-state index contributed by atoms with van der Waals surface area (Å²) >= 11 is 15.0. The molecule has 16 heavy (non-hydrogen) atoms. The summed E-state index contributed by atoms with van der Waals surface area (Å²) in [6.07, 6.45) is 2.23. The van der Waals surface area contributed by atoms with Gasteiger partial charge in [-0.15, -0.1) is 0 Å². The Hall–Kier alpha value is -0.710. The fourth-order valence-corrected chi connectivity index (χ4v) is 1.78. The molecule has 0 saturated carbocycles. The first-order valence-corrected chi connectivity index (χ1v) is 5.99. The van der Waals surface area contributed by atoms with Crippen molar-refractivity contribution in [2.75, 3.05) is 0 Å². The topological polar surface area (TPSA) is 38.7 Å². The Kier molecular flexibility index (Phi) is 3.74. The number of hydrogen-bond donors (Lipinski definition) is 0. The number of pyridine rings is 1. The summed E-state index contributed by atoms with van der Waals surface area (Å²) in [4.78, 5) is 12.4. The predicted molar refractivity (Wildman–Crippen MR) is 66.8 cm³/mol. The van der Waals surface area contributed by atoms with Crippen molar-refractivity contribution in [3.63, 3.8) is 0 Å². The zero-order valence-corrected chi connectivity index (χ0v) is 11.1. The molecular formula is C10H6BrCl2N3. The first-order valence-electron chi connectivity index (χ1n) is 4.44. The van der Waals surface area contributed by atoms with Crippen molar-refractivity contribution < 1.29 is 0 Å². The average molecular weight is 319 g/mol. The van der Waals surface area contributed by atoms with Crippen molar-refractivity contribution in [2.24, 2.45) is 0 Å². The Morgan fingerprint density at radius 1 is 1.12 bits per heavy atom. The van der Waals surface area contributed by atoms with E-state index in [1.54, 1.807) is 6.20 Å². The van der Waals surface area contributed by atoms with Crippen LogP contribution in [-0.2, 0) is 6.42 Å². The summed E-state index contributed by atoms with van der Waals surface area (Å²) in [6.45, 7) is 0. The Labute approximate surface area is 111 Å². The largest absolute Gasteiger partial charge is 0.261 e. The fourth-order valence-electron chi connectivity index (χ4n) is 1.18. The molecule has 0 atom stereocenters. The summed E-state index contributed by atoms with van der Waals surface area (Å²) in [5, 5.41) is 0.622. The molecule has 2 heterocycles. The van der Waals surface area contributed by atoms with E-state index in [0.29, 0.717) is 27.0 Å². The minimum atomic E-state index is 0.311. The SMILES string of the molecule is Clc1nc(Cc2ccccn2)nc(Cl)c1Br. The molecule has 0 spiro atoms. The van der Waals surface area contributed by atoms with E-state index < -0.39 is 0 Å². The van der Waals surface area contributed by atoms with Gasteiger partial charge in [0.15, 0.2) is 0 Å². The quantitative estimate of drug-likeness (QED) is 0.795. The number of nitrogens with zero attached hydrogens (tertiary/aromatic N) is 3. The highest BCUT2D eigenvalue weighted by molar-refractivity contribution is 9.10. The summed E-state index contributed by atoms with van der Waals surface area (Å²) in [5.74, 6) is 0.553.